The zero-order chi connectivity index (χ0) is 26.9. The fraction of sp³-hybridized carbons (Fsp3) is 0.423. The smallest absolute Gasteiger partial charge is 0.305 e. The standard InChI is InChI=1S/C26H33N5O5S/c1-19(2)18-28-26(34)24-17-22(10-11-27-24)5-4-21-6-8-23(9-7-21)29-12-14-30(15-13-29)31(37(35)36)20(3)16-25(32)33/h6-11,17,19-20H,12-16,18H2,1-3H3,(H,28,34)(H,32,33)(H,35,36)/p-1. The molecule has 2 aromatic rings. The summed E-state index contributed by atoms with van der Waals surface area (Å²) in [7, 11) is 0. The Hall–Kier alpha value is -3.30. The van der Waals surface area contributed by atoms with E-state index < -0.39 is 23.3 Å². The van der Waals surface area contributed by atoms with Gasteiger partial charge in [-0.2, -0.15) is 4.41 Å². The maximum atomic E-state index is 12.2. The van der Waals surface area contributed by atoms with Crippen LogP contribution in [0.2, 0.25) is 0 Å². The van der Waals surface area contributed by atoms with Gasteiger partial charge in [0, 0.05) is 73.0 Å². The third-order valence-corrected chi connectivity index (χ3v) is 6.68. The van der Waals surface area contributed by atoms with Gasteiger partial charge in [0.1, 0.15) is 5.69 Å². The Bertz CT molecular complexity index is 1170. The number of hydrogen-bond donors (Lipinski definition) is 2. The summed E-state index contributed by atoms with van der Waals surface area (Å²) in [6.07, 6.45) is 1.31. The number of piperazine rings is 1. The second-order valence-corrected chi connectivity index (χ2v) is 10.0. The van der Waals surface area contributed by atoms with Crippen LogP contribution in [0.25, 0.3) is 0 Å². The number of aromatic nitrogens is 1. The summed E-state index contributed by atoms with van der Waals surface area (Å²) < 4.78 is 24.6. The quantitative estimate of drug-likeness (QED) is 0.374. The average molecular weight is 527 g/mol. The zero-order valence-electron chi connectivity index (χ0n) is 21.2. The van der Waals surface area contributed by atoms with Gasteiger partial charge in [0.05, 0.1) is 6.42 Å². The van der Waals surface area contributed by atoms with E-state index in [0.717, 1.165) is 15.7 Å². The number of benzene rings is 1. The number of rotatable bonds is 9. The number of amides is 1. The molecule has 10 nitrogen and oxygen atoms in total. The number of aliphatic carboxylic acids is 1. The Morgan fingerprint density at radius 2 is 1.76 bits per heavy atom. The van der Waals surface area contributed by atoms with Gasteiger partial charge in [0.15, 0.2) is 0 Å². The molecule has 1 aromatic carbocycles. The summed E-state index contributed by atoms with van der Waals surface area (Å²) in [5.74, 6) is 5.28. The molecule has 2 N–H and O–H groups in total. The molecule has 1 aliphatic heterocycles. The molecule has 0 aliphatic carbocycles. The zero-order valence-corrected chi connectivity index (χ0v) is 22.0. The van der Waals surface area contributed by atoms with Crippen molar-refractivity contribution in [1.29, 1.82) is 0 Å². The lowest BCUT2D eigenvalue weighted by atomic mass is 10.1. The first-order valence-electron chi connectivity index (χ1n) is 12.1. The second kappa shape index (κ2) is 13.3. The molecule has 0 saturated carbocycles. The summed E-state index contributed by atoms with van der Waals surface area (Å²) in [6, 6.07) is 10.5. The fourth-order valence-electron chi connectivity index (χ4n) is 3.92. The number of hydrazine groups is 1. The highest BCUT2D eigenvalue weighted by Gasteiger charge is 2.28. The third-order valence-electron chi connectivity index (χ3n) is 5.78. The van der Waals surface area contributed by atoms with Crippen molar-refractivity contribution in [3.63, 3.8) is 0 Å². The predicted molar refractivity (Wildman–Crippen MR) is 140 cm³/mol. The van der Waals surface area contributed by atoms with Gasteiger partial charge in [-0.25, -0.2) is 5.01 Å². The van der Waals surface area contributed by atoms with Gasteiger partial charge >= 0.3 is 5.97 Å². The van der Waals surface area contributed by atoms with Gasteiger partial charge in [-0.1, -0.05) is 25.7 Å². The van der Waals surface area contributed by atoms with Crippen LogP contribution in [-0.2, 0) is 16.1 Å². The highest BCUT2D eigenvalue weighted by Crippen LogP contribution is 2.20. The molecular weight excluding hydrogens is 494 g/mol. The molecule has 1 amide bonds. The second-order valence-electron chi connectivity index (χ2n) is 9.24. The number of anilines is 1. The first kappa shape index (κ1) is 28.3. The Morgan fingerprint density at radius 1 is 1.11 bits per heavy atom. The van der Waals surface area contributed by atoms with Gasteiger partial charge in [-0.3, -0.25) is 18.8 Å². The molecule has 37 heavy (non-hydrogen) atoms. The van der Waals surface area contributed by atoms with Gasteiger partial charge in [0.2, 0.25) is 0 Å². The van der Waals surface area contributed by atoms with E-state index in [4.69, 9.17) is 5.11 Å². The fourth-order valence-corrected chi connectivity index (χ4v) is 4.64. The van der Waals surface area contributed by atoms with Crippen LogP contribution in [0.15, 0.2) is 42.6 Å². The Morgan fingerprint density at radius 3 is 2.35 bits per heavy atom. The summed E-state index contributed by atoms with van der Waals surface area (Å²) >= 11 is -2.55. The van der Waals surface area contributed by atoms with Crippen molar-refractivity contribution in [2.45, 2.75) is 33.2 Å². The number of carboxylic acid groups (broad SMARTS) is 1. The Kier molecular flexibility index (Phi) is 10.2. The van der Waals surface area contributed by atoms with Crippen molar-refractivity contribution in [3.05, 3.63) is 59.4 Å². The van der Waals surface area contributed by atoms with Crippen LogP contribution >= 0.6 is 0 Å². The van der Waals surface area contributed by atoms with Crippen LogP contribution in [0.3, 0.4) is 0 Å². The molecule has 0 radical (unpaired) electrons. The third kappa shape index (κ3) is 8.36. The van der Waals surface area contributed by atoms with Crippen LogP contribution in [0, 0.1) is 17.8 Å². The number of carbonyl (C=O) groups is 2. The molecular formula is C26H32N5O5S-. The number of nitrogens with zero attached hydrogens (tertiary/aromatic N) is 4. The van der Waals surface area contributed by atoms with Crippen molar-refractivity contribution in [2.24, 2.45) is 5.92 Å². The lowest BCUT2D eigenvalue weighted by Crippen LogP contribution is -2.57. The van der Waals surface area contributed by atoms with Crippen LogP contribution < -0.4 is 10.2 Å². The van der Waals surface area contributed by atoms with Crippen LogP contribution in [0.5, 0.6) is 0 Å². The Labute approximate surface area is 220 Å². The largest absolute Gasteiger partial charge is 0.759 e. The molecule has 1 fully saturated rings. The molecule has 3 rings (SSSR count). The number of pyridine rings is 1. The number of carbonyl (C=O) groups excluding carboxylic acids is 1. The van der Waals surface area contributed by atoms with E-state index in [0.29, 0.717) is 49.9 Å². The highest BCUT2D eigenvalue weighted by molar-refractivity contribution is 7.76. The van der Waals surface area contributed by atoms with Crippen molar-refractivity contribution in [1.82, 2.24) is 19.7 Å². The minimum Gasteiger partial charge on any atom is -0.759 e. The SMILES string of the molecule is CC(C)CNC(=O)c1cc(C#Cc2ccc(N3CCN(N(C(C)CC(=O)O)S(=O)[O-])CC3)cc2)ccn1. The summed E-state index contributed by atoms with van der Waals surface area (Å²) in [5.41, 5.74) is 2.84. The Balaban J connectivity index is 1.59. The van der Waals surface area contributed by atoms with E-state index in [9.17, 15) is 18.4 Å². The van der Waals surface area contributed by atoms with Crippen LogP contribution in [0.1, 0.15) is 48.8 Å². The number of nitrogens with one attached hydrogen (secondary N) is 1. The molecule has 2 heterocycles. The molecule has 2 unspecified atom stereocenters. The van der Waals surface area contributed by atoms with Crippen LogP contribution in [0.4, 0.5) is 5.69 Å². The van der Waals surface area contributed by atoms with Crippen molar-refractivity contribution >= 4 is 28.8 Å². The van der Waals surface area contributed by atoms with Crippen molar-refractivity contribution in [2.75, 3.05) is 37.6 Å². The molecule has 198 valence electrons. The van der Waals surface area contributed by atoms with Crippen LogP contribution in [-0.4, -0.2) is 78.9 Å². The lowest BCUT2D eigenvalue weighted by molar-refractivity contribution is -0.139. The molecule has 0 spiro atoms. The summed E-state index contributed by atoms with van der Waals surface area (Å²) in [4.78, 5) is 29.5. The maximum Gasteiger partial charge on any atom is 0.305 e. The lowest BCUT2D eigenvalue weighted by Gasteiger charge is -2.44. The van der Waals surface area contributed by atoms with Gasteiger partial charge in [0.25, 0.3) is 5.91 Å². The van der Waals surface area contributed by atoms with Gasteiger partial charge < -0.3 is 19.9 Å². The van der Waals surface area contributed by atoms with Gasteiger partial charge in [-0.15, -0.1) is 0 Å². The van der Waals surface area contributed by atoms with Crippen molar-refractivity contribution < 1.29 is 23.5 Å². The first-order valence-corrected chi connectivity index (χ1v) is 13.1. The number of carboxylic acids is 1. The van der Waals surface area contributed by atoms with E-state index in [1.54, 1.807) is 30.3 Å². The minimum atomic E-state index is -2.55. The monoisotopic (exact) mass is 526 g/mol. The highest BCUT2D eigenvalue weighted by atomic mass is 32.2. The first-order chi connectivity index (χ1) is 17.6. The molecule has 1 aromatic heterocycles. The maximum absolute atomic E-state index is 12.2. The van der Waals surface area contributed by atoms with E-state index in [-0.39, 0.29) is 12.3 Å². The minimum absolute atomic E-state index is 0.220. The molecule has 0 bridgehead atoms. The van der Waals surface area contributed by atoms with E-state index >= 15 is 0 Å². The molecule has 2 atom stereocenters. The number of hydrogen-bond acceptors (Lipinski definition) is 7. The summed E-state index contributed by atoms with van der Waals surface area (Å²) in [5, 5.41) is 13.5. The molecule has 11 heteroatoms. The summed E-state index contributed by atoms with van der Waals surface area (Å²) in [6.45, 7) is 8.32. The average Bonchev–Trinajstić information content (AvgIpc) is 2.86. The van der Waals surface area contributed by atoms with Gasteiger partial charge in [-0.05, 0) is 49.2 Å². The molecule has 1 aliphatic rings. The van der Waals surface area contributed by atoms with E-state index in [1.165, 1.54) is 0 Å². The topological polar surface area (TPSA) is 129 Å². The van der Waals surface area contributed by atoms with Crippen molar-refractivity contribution in [3.8, 4) is 11.8 Å². The predicted octanol–water partition coefficient (Wildman–Crippen LogP) is 1.86. The van der Waals surface area contributed by atoms with E-state index in [1.807, 2.05) is 38.1 Å². The molecule has 1 saturated heterocycles. The van der Waals surface area contributed by atoms with E-state index in [2.05, 4.69) is 27.0 Å². The normalized spacial score (nSPS) is 15.7.